The second-order valence-electron chi connectivity index (χ2n) is 5.35. The Balaban J connectivity index is 2.27. The largest absolute Gasteiger partial charge is 0.481 e. The third kappa shape index (κ3) is 4.49. The van der Waals surface area contributed by atoms with E-state index in [1.165, 1.54) is 0 Å². The fourth-order valence-electron chi connectivity index (χ4n) is 2.76. The van der Waals surface area contributed by atoms with Gasteiger partial charge in [0.1, 0.15) is 0 Å². The molecule has 0 aromatic carbocycles. The first-order valence-corrected chi connectivity index (χ1v) is 7.22. The number of nitrogens with zero attached hydrogens (tertiary/aromatic N) is 2. The SMILES string of the molecule is CCN(CC)C(=O)CCCN1C[C@@H](C)[C@H](C(=O)O)C1. The minimum Gasteiger partial charge on any atom is -0.481 e. The molecule has 1 rings (SSSR count). The molecule has 0 saturated carbocycles. The van der Waals surface area contributed by atoms with Gasteiger partial charge in [0.15, 0.2) is 0 Å². The molecule has 2 atom stereocenters. The van der Waals surface area contributed by atoms with Gasteiger partial charge in [0.05, 0.1) is 5.92 Å². The summed E-state index contributed by atoms with van der Waals surface area (Å²) >= 11 is 0. The van der Waals surface area contributed by atoms with Crippen molar-refractivity contribution in [3.8, 4) is 0 Å². The van der Waals surface area contributed by atoms with Crippen LogP contribution < -0.4 is 0 Å². The molecule has 110 valence electrons. The molecule has 19 heavy (non-hydrogen) atoms. The Hall–Kier alpha value is -1.10. The Kier molecular flexibility index (Phi) is 6.28. The Morgan fingerprint density at radius 3 is 2.37 bits per heavy atom. The minimum absolute atomic E-state index is 0.201. The molecule has 0 aromatic heterocycles. The molecule has 5 nitrogen and oxygen atoms in total. The minimum atomic E-state index is -0.700. The summed E-state index contributed by atoms with van der Waals surface area (Å²) in [5, 5.41) is 9.06. The van der Waals surface area contributed by atoms with Crippen molar-refractivity contribution >= 4 is 11.9 Å². The van der Waals surface area contributed by atoms with Crippen LogP contribution in [0.4, 0.5) is 0 Å². The van der Waals surface area contributed by atoms with Gasteiger partial charge >= 0.3 is 5.97 Å². The first-order chi connectivity index (χ1) is 8.99. The van der Waals surface area contributed by atoms with Crippen molar-refractivity contribution in [1.29, 1.82) is 0 Å². The molecular formula is C14H26N2O3. The molecule has 0 spiro atoms. The Morgan fingerprint density at radius 2 is 1.89 bits per heavy atom. The van der Waals surface area contributed by atoms with E-state index in [0.29, 0.717) is 13.0 Å². The van der Waals surface area contributed by atoms with Gasteiger partial charge in [0.2, 0.25) is 5.91 Å². The average molecular weight is 270 g/mol. The van der Waals surface area contributed by atoms with Crippen LogP contribution >= 0.6 is 0 Å². The predicted molar refractivity (Wildman–Crippen MR) is 73.9 cm³/mol. The summed E-state index contributed by atoms with van der Waals surface area (Å²) in [7, 11) is 0. The lowest BCUT2D eigenvalue weighted by molar-refractivity contribution is -0.142. The maximum absolute atomic E-state index is 11.8. The summed E-state index contributed by atoms with van der Waals surface area (Å²) in [6.07, 6.45) is 1.37. The zero-order valence-electron chi connectivity index (χ0n) is 12.3. The van der Waals surface area contributed by atoms with Gasteiger partial charge in [-0.05, 0) is 32.7 Å². The second kappa shape index (κ2) is 7.48. The number of carboxylic acid groups (broad SMARTS) is 1. The van der Waals surface area contributed by atoms with Gasteiger partial charge in [-0.2, -0.15) is 0 Å². The second-order valence-corrected chi connectivity index (χ2v) is 5.35. The number of rotatable bonds is 7. The highest BCUT2D eigenvalue weighted by molar-refractivity contribution is 5.76. The fourth-order valence-corrected chi connectivity index (χ4v) is 2.76. The lowest BCUT2D eigenvalue weighted by Crippen LogP contribution is -2.31. The summed E-state index contributed by atoms with van der Waals surface area (Å²) in [5.74, 6) is -0.546. The molecule has 0 bridgehead atoms. The normalized spacial score (nSPS) is 23.5. The zero-order chi connectivity index (χ0) is 14.4. The Morgan fingerprint density at radius 1 is 1.26 bits per heavy atom. The van der Waals surface area contributed by atoms with Crippen molar-refractivity contribution < 1.29 is 14.7 Å². The van der Waals surface area contributed by atoms with Crippen molar-refractivity contribution in [2.75, 3.05) is 32.7 Å². The molecule has 1 N–H and O–H groups in total. The van der Waals surface area contributed by atoms with Crippen molar-refractivity contribution in [3.05, 3.63) is 0 Å². The van der Waals surface area contributed by atoms with E-state index >= 15 is 0 Å². The van der Waals surface area contributed by atoms with Crippen molar-refractivity contribution in [3.63, 3.8) is 0 Å². The van der Waals surface area contributed by atoms with Crippen LogP contribution in [-0.2, 0) is 9.59 Å². The summed E-state index contributed by atoms with van der Waals surface area (Å²) in [5.41, 5.74) is 0. The van der Waals surface area contributed by atoms with Gasteiger partial charge in [-0.25, -0.2) is 0 Å². The topological polar surface area (TPSA) is 60.9 Å². The summed E-state index contributed by atoms with van der Waals surface area (Å²) in [6.45, 7) is 9.75. The quantitative estimate of drug-likeness (QED) is 0.757. The fraction of sp³-hybridized carbons (Fsp3) is 0.857. The van der Waals surface area contributed by atoms with E-state index in [9.17, 15) is 9.59 Å². The molecule has 1 aliphatic heterocycles. The van der Waals surface area contributed by atoms with Crippen LogP contribution in [0, 0.1) is 11.8 Å². The van der Waals surface area contributed by atoms with Gasteiger partial charge in [-0.3, -0.25) is 9.59 Å². The summed E-state index contributed by atoms with van der Waals surface area (Å²) in [4.78, 5) is 26.9. The Bertz CT molecular complexity index is 316. The number of amides is 1. The molecule has 5 heteroatoms. The van der Waals surface area contributed by atoms with Gasteiger partial charge in [-0.15, -0.1) is 0 Å². The number of hydrogen-bond donors (Lipinski definition) is 1. The molecule has 1 heterocycles. The molecule has 1 aliphatic rings. The lowest BCUT2D eigenvalue weighted by Gasteiger charge is -2.20. The van der Waals surface area contributed by atoms with Crippen molar-refractivity contribution in [1.82, 2.24) is 9.80 Å². The maximum atomic E-state index is 11.8. The Labute approximate surface area is 115 Å². The average Bonchev–Trinajstić information content (AvgIpc) is 2.72. The molecule has 0 radical (unpaired) electrons. The van der Waals surface area contributed by atoms with E-state index in [2.05, 4.69) is 4.90 Å². The van der Waals surface area contributed by atoms with E-state index in [0.717, 1.165) is 32.6 Å². The lowest BCUT2D eigenvalue weighted by atomic mass is 9.99. The monoisotopic (exact) mass is 270 g/mol. The first kappa shape index (κ1) is 16.0. The van der Waals surface area contributed by atoms with Crippen LogP contribution in [0.25, 0.3) is 0 Å². The van der Waals surface area contributed by atoms with Gasteiger partial charge < -0.3 is 14.9 Å². The highest BCUT2D eigenvalue weighted by Gasteiger charge is 2.34. The molecule has 1 fully saturated rings. The molecule has 1 amide bonds. The standard InChI is InChI=1S/C14H26N2O3/c1-4-16(5-2)13(17)7-6-8-15-9-11(3)12(10-15)14(18)19/h11-12H,4-10H2,1-3H3,(H,18,19)/t11-,12-/m1/s1. The number of carbonyl (C=O) groups excluding carboxylic acids is 1. The number of carbonyl (C=O) groups is 2. The number of likely N-dealkylation sites (tertiary alicyclic amines) is 1. The number of carboxylic acids is 1. The predicted octanol–water partition coefficient (Wildman–Crippen LogP) is 1.29. The van der Waals surface area contributed by atoms with E-state index in [-0.39, 0.29) is 17.7 Å². The van der Waals surface area contributed by atoms with E-state index in [1.54, 1.807) is 0 Å². The number of hydrogen-bond acceptors (Lipinski definition) is 3. The van der Waals surface area contributed by atoms with Gasteiger partial charge in [0.25, 0.3) is 0 Å². The smallest absolute Gasteiger partial charge is 0.308 e. The van der Waals surface area contributed by atoms with Crippen molar-refractivity contribution in [2.24, 2.45) is 11.8 Å². The maximum Gasteiger partial charge on any atom is 0.308 e. The van der Waals surface area contributed by atoms with Crippen LogP contribution in [0.5, 0.6) is 0 Å². The van der Waals surface area contributed by atoms with Gasteiger partial charge in [-0.1, -0.05) is 6.92 Å². The third-order valence-corrected chi connectivity index (χ3v) is 3.99. The third-order valence-electron chi connectivity index (χ3n) is 3.99. The zero-order valence-corrected chi connectivity index (χ0v) is 12.3. The van der Waals surface area contributed by atoms with E-state index < -0.39 is 5.97 Å². The molecule has 0 aliphatic carbocycles. The highest BCUT2D eigenvalue weighted by Crippen LogP contribution is 2.23. The van der Waals surface area contributed by atoms with E-state index in [4.69, 9.17) is 5.11 Å². The molecule has 0 aromatic rings. The van der Waals surface area contributed by atoms with Crippen LogP contribution in [0.1, 0.15) is 33.6 Å². The molecule has 0 unspecified atom stereocenters. The van der Waals surface area contributed by atoms with Crippen LogP contribution in [0.2, 0.25) is 0 Å². The highest BCUT2D eigenvalue weighted by atomic mass is 16.4. The first-order valence-electron chi connectivity index (χ1n) is 7.22. The van der Waals surface area contributed by atoms with Crippen LogP contribution in [0.3, 0.4) is 0 Å². The van der Waals surface area contributed by atoms with Gasteiger partial charge in [0, 0.05) is 32.6 Å². The summed E-state index contributed by atoms with van der Waals surface area (Å²) in [6, 6.07) is 0. The summed E-state index contributed by atoms with van der Waals surface area (Å²) < 4.78 is 0. The van der Waals surface area contributed by atoms with E-state index in [1.807, 2.05) is 25.7 Å². The number of aliphatic carboxylic acids is 1. The van der Waals surface area contributed by atoms with Crippen LogP contribution in [-0.4, -0.2) is 59.5 Å². The molecular weight excluding hydrogens is 244 g/mol. The van der Waals surface area contributed by atoms with Crippen molar-refractivity contribution in [2.45, 2.75) is 33.6 Å². The van der Waals surface area contributed by atoms with Crippen LogP contribution in [0.15, 0.2) is 0 Å². The molecule has 1 saturated heterocycles.